The number of Topliss-reactive ketones (excluding diaryl/α,β-unsaturated/α-hetero) is 2. The molecule has 1 aromatic heterocycles. The Hall–Kier alpha value is -2.12. The summed E-state index contributed by atoms with van der Waals surface area (Å²) >= 11 is 3.06. The highest BCUT2D eigenvalue weighted by atomic mass is 32.2. The van der Waals surface area contributed by atoms with Crippen LogP contribution in [0.25, 0.3) is 5.57 Å². The zero-order chi connectivity index (χ0) is 23.8. The molecular weight excluding hydrogens is 452 g/mol. The summed E-state index contributed by atoms with van der Waals surface area (Å²) in [5.74, 6) is -0.556. The summed E-state index contributed by atoms with van der Waals surface area (Å²) in [5, 5.41) is 5.53. The minimum Gasteiger partial charge on any atom is -0.495 e. The summed E-state index contributed by atoms with van der Waals surface area (Å²) in [7, 11) is 1.54. The minimum atomic E-state index is -0.479. The van der Waals surface area contributed by atoms with Gasteiger partial charge in [0.2, 0.25) is 16.6 Å². The third kappa shape index (κ3) is 5.87. The van der Waals surface area contributed by atoms with E-state index in [2.05, 4.69) is 36.7 Å². The summed E-state index contributed by atoms with van der Waals surface area (Å²) in [5.41, 5.74) is 0.781. The van der Waals surface area contributed by atoms with Crippen LogP contribution in [0.2, 0.25) is 0 Å². The average molecular weight is 488 g/mol. The van der Waals surface area contributed by atoms with Gasteiger partial charge in [0.15, 0.2) is 0 Å². The number of ketones is 2. The maximum Gasteiger partial charge on any atom is 0.239 e. The van der Waals surface area contributed by atoms with Crippen molar-refractivity contribution in [2.24, 2.45) is 0 Å². The first kappa shape index (κ1) is 25.5. The summed E-state index contributed by atoms with van der Waals surface area (Å²) in [6.45, 7) is 9.44. The molecule has 1 aliphatic heterocycles. The first-order valence-corrected chi connectivity index (χ1v) is 13.6. The molecule has 1 N–H and O–H groups in total. The SMILES string of the molecule is CCCCNc1ccc(C2=C(OC)/C(=C3/C=CC(=[N+](CCCC)CCCC)S3)C(=O)C2=O)s1. The van der Waals surface area contributed by atoms with Gasteiger partial charge in [-0.25, -0.2) is 4.58 Å². The van der Waals surface area contributed by atoms with Gasteiger partial charge in [-0.1, -0.05) is 40.0 Å². The van der Waals surface area contributed by atoms with Crippen LogP contribution in [0.15, 0.2) is 40.5 Å². The van der Waals surface area contributed by atoms with Crippen molar-refractivity contribution in [1.82, 2.24) is 0 Å². The molecule has 0 atom stereocenters. The molecule has 0 fully saturated rings. The highest BCUT2D eigenvalue weighted by Crippen LogP contribution is 2.42. The van der Waals surface area contributed by atoms with Crippen LogP contribution in [0.3, 0.4) is 0 Å². The van der Waals surface area contributed by atoms with E-state index >= 15 is 0 Å². The Morgan fingerprint density at radius 3 is 2.21 bits per heavy atom. The van der Waals surface area contributed by atoms with E-state index in [1.807, 2.05) is 18.2 Å². The molecule has 2 aliphatic rings. The van der Waals surface area contributed by atoms with E-state index in [1.165, 1.54) is 11.3 Å². The Balaban J connectivity index is 1.94. The Morgan fingerprint density at radius 2 is 1.58 bits per heavy atom. The second kappa shape index (κ2) is 12.4. The molecule has 5 nitrogen and oxygen atoms in total. The van der Waals surface area contributed by atoms with Crippen molar-refractivity contribution in [3.05, 3.63) is 45.4 Å². The number of anilines is 1. The van der Waals surface area contributed by atoms with E-state index in [1.54, 1.807) is 18.9 Å². The fourth-order valence-corrected chi connectivity index (χ4v) is 5.90. The molecule has 0 radical (unpaired) electrons. The van der Waals surface area contributed by atoms with Gasteiger partial charge in [0.05, 0.1) is 23.3 Å². The van der Waals surface area contributed by atoms with E-state index < -0.39 is 11.6 Å². The predicted octanol–water partition coefficient (Wildman–Crippen LogP) is 6.04. The van der Waals surface area contributed by atoms with Crippen molar-refractivity contribution in [3.63, 3.8) is 0 Å². The maximum absolute atomic E-state index is 13.1. The van der Waals surface area contributed by atoms with Crippen molar-refractivity contribution in [2.75, 3.05) is 32.1 Å². The lowest BCUT2D eigenvalue weighted by atomic mass is 10.1. The van der Waals surface area contributed by atoms with Crippen LogP contribution < -0.4 is 5.32 Å². The van der Waals surface area contributed by atoms with Gasteiger partial charge < -0.3 is 10.1 Å². The number of hydrogen-bond donors (Lipinski definition) is 1. The fourth-order valence-electron chi connectivity index (χ4n) is 3.83. The summed E-state index contributed by atoms with van der Waals surface area (Å²) < 4.78 is 8.07. The molecule has 7 heteroatoms. The normalized spacial score (nSPS) is 18.1. The number of hydrogen-bond acceptors (Lipinski definition) is 6. The maximum atomic E-state index is 13.1. The summed E-state index contributed by atoms with van der Waals surface area (Å²) in [6.07, 6.45) is 10.8. The summed E-state index contributed by atoms with van der Waals surface area (Å²) in [6, 6.07) is 3.87. The van der Waals surface area contributed by atoms with Crippen LogP contribution >= 0.6 is 23.1 Å². The molecule has 1 aromatic rings. The Bertz CT molecular complexity index is 1000. The lowest BCUT2D eigenvalue weighted by Gasteiger charge is -2.07. The zero-order valence-corrected chi connectivity index (χ0v) is 21.8. The van der Waals surface area contributed by atoms with Crippen LogP contribution in [0.4, 0.5) is 5.00 Å². The fraction of sp³-hybridized carbons (Fsp3) is 0.500. The second-order valence-corrected chi connectivity index (χ2v) is 10.4. The topological polar surface area (TPSA) is 58.4 Å². The number of nitrogens with one attached hydrogen (secondary N) is 1. The largest absolute Gasteiger partial charge is 0.495 e. The van der Waals surface area contributed by atoms with Crippen molar-refractivity contribution in [1.29, 1.82) is 0 Å². The highest BCUT2D eigenvalue weighted by molar-refractivity contribution is 8.18. The van der Waals surface area contributed by atoms with Crippen molar-refractivity contribution in [2.45, 2.75) is 59.3 Å². The van der Waals surface area contributed by atoms with Crippen molar-refractivity contribution in [3.8, 4) is 0 Å². The van der Waals surface area contributed by atoms with Crippen LogP contribution in [0.5, 0.6) is 0 Å². The number of rotatable bonds is 12. The molecule has 0 aromatic carbocycles. The zero-order valence-electron chi connectivity index (χ0n) is 20.2. The minimum absolute atomic E-state index is 0.384. The van der Waals surface area contributed by atoms with Crippen LogP contribution in [0.1, 0.15) is 64.2 Å². The number of allylic oxidation sites excluding steroid dienone is 3. The third-order valence-corrected chi connectivity index (χ3v) is 7.94. The number of nitrogens with zero attached hydrogens (tertiary/aromatic N) is 1. The number of thiophene rings is 1. The third-order valence-electron chi connectivity index (χ3n) is 5.71. The number of methoxy groups -OCH3 is 1. The molecule has 0 unspecified atom stereocenters. The van der Waals surface area contributed by atoms with E-state index in [0.29, 0.717) is 16.9 Å². The number of ether oxygens (including phenoxy) is 1. The van der Waals surface area contributed by atoms with Gasteiger partial charge >= 0.3 is 0 Å². The number of thioether (sulfide) groups is 1. The summed E-state index contributed by atoms with van der Waals surface area (Å²) in [4.78, 5) is 27.7. The van der Waals surface area contributed by atoms with Gasteiger partial charge in [-0.2, -0.15) is 0 Å². The van der Waals surface area contributed by atoms with E-state index in [9.17, 15) is 9.59 Å². The molecule has 0 bridgehead atoms. The van der Waals surface area contributed by atoms with Gasteiger partial charge in [-0.05, 0) is 36.4 Å². The lowest BCUT2D eigenvalue weighted by Crippen LogP contribution is -2.20. The molecule has 0 saturated carbocycles. The monoisotopic (exact) mass is 487 g/mol. The molecule has 0 saturated heterocycles. The van der Waals surface area contributed by atoms with Crippen molar-refractivity contribution < 1.29 is 18.9 Å². The quantitative estimate of drug-likeness (QED) is 0.169. The number of carbonyl (C=O) groups is 2. The standard InChI is InChI=1S/C26H34N2O3S2/c1-5-8-15-27-20-13-11-18(32-20)22-24(29)25(30)23(26(22)31-4)19-12-14-21(33-19)28(16-9-6-2)17-10-7-3/h11-14H,5-10,15-17H2,1-4H3/p+1. The van der Waals surface area contributed by atoms with Gasteiger partial charge in [0.25, 0.3) is 0 Å². The number of carbonyl (C=O) groups excluding carboxylic acids is 2. The molecule has 1 aliphatic carbocycles. The molecule has 178 valence electrons. The smallest absolute Gasteiger partial charge is 0.239 e. The highest BCUT2D eigenvalue weighted by Gasteiger charge is 2.41. The number of unbranched alkanes of at least 4 members (excludes halogenated alkanes) is 3. The van der Waals surface area contributed by atoms with E-state index in [0.717, 1.165) is 78.0 Å². The average Bonchev–Trinajstić information content (AvgIpc) is 3.53. The van der Waals surface area contributed by atoms with Gasteiger partial charge in [-0.15, -0.1) is 11.3 Å². The molecule has 0 amide bonds. The first-order chi connectivity index (χ1) is 16.0. The van der Waals surface area contributed by atoms with E-state index in [-0.39, 0.29) is 0 Å². The van der Waals surface area contributed by atoms with Gasteiger partial charge in [-0.3, -0.25) is 9.59 Å². The van der Waals surface area contributed by atoms with Crippen LogP contribution in [-0.4, -0.2) is 47.9 Å². The Kier molecular flexibility index (Phi) is 9.56. The lowest BCUT2D eigenvalue weighted by molar-refractivity contribution is -0.525. The molecule has 0 spiro atoms. The van der Waals surface area contributed by atoms with Crippen LogP contribution in [0, 0.1) is 0 Å². The Morgan fingerprint density at radius 1 is 0.909 bits per heavy atom. The van der Waals surface area contributed by atoms with E-state index in [4.69, 9.17) is 4.74 Å². The molecule has 2 heterocycles. The molecular formula is C26H35N2O3S2+. The first-order valence-electron chi connectivity index (χ1n) is 12.0. The predicted molar refractivity (Wildman–Crippen MR) is 140 cm³/mol. The van der Waals surface area contributed by atoms with Gasteiger partial charge in [0.1, 0.15) is 18.8 Å². The molecule has 3 rings (SSSR count). The molecule has 33 heavy (non-hydrogen) atoms. The Labute approximate surface area is 205 Å². The van der Waals surface area contributed by atoms with Crippen molar-refractivity contribution >= 4 is 50.3 Å². The van der Waals surface area contributed by atoms with Crippen LogP contribution in [-0.2, 0) is 14.3 Å². The second-order valence-electron chi connectivity index (χ2n) is 8.22. The van der Waals surface area contributed by atoms with Gasteiger partial charge in [0, 0.05) is 35.2 Å².